The Labute approximate surface area is 282 Å². The lowest BCUT2D eigenvalue weighted by atomic mass is 10.0. The Morgan fingerprint density at radius 1 is 0.957 bits per heavy atom. The SMILES string of the molecule is CC(C)(C)OC(=O)NCCCn1cc(-c2ccc(OC(F)(F)F)cc2)c2cc(CN3CCN(Cc4c(Cl)cccc4Cl)CC3)cnc21. The minimum Gasteiger partial charge on any atom is -0.444 e. The van der Waals surface area contributed by atoms with E-state index in [1.807, 2.05) is 35.2 Å². The number of rotatable bonds is 10. The average Bonchev–Trinajstić information content (AvgIpc) is 3.34. The van der Waals surface area contributed by atoms with E-state index in [2.05, 4.69) is 25.9 Å². The zero-order valence-electron chi connectivity index (χ0n) is 26.5. The number of benzene rings is 2. The van der Waals surface area contributed by atoms with Gasteiger partial charge in [0.2, 0.25) is 0 Å². The Balaban J connectivity index is 1.30. The fraction of sp³-hybridized carbons (Fsp3) is 0.412. The number of alkyl carbamates (subject to hydrolysis) is 1. The summed E-state index contributed by atoms with van der Waals surface area (Å²) >= 11 is 12.8. The van der Waals surface area contributed by atoms with Crippen molar-refractivity contribution in [3.05, 3.63) is 82.1 Å². The molecule has 8 nitrogen and oxygen atoms in total. The summed E-state index contributed by atoms with van der Waals surface area (Å²) in [5, 5.41) is 5.00. The molecule has 3 heterocycles. The highest BCUT2D eigenvalue weighted by Crippen LogP contribution is 2.33. The normalized spacial score (nSPS) is 14.8. The van der Waals surface area contributed by atoms with E-state index in [0.717, 1.165) is 59.5 Å². The van der Waals surface area contributed by atoms with E-state index in [-0.39, 0.29) is 5.75 Å². The van der Waals surface area contributed by atoms with Gasteiger partial charge < -0.3 is 19.4 Å². The quantitative estimate of drug-likeness (QED) is 0.169. The molecule has 0 bridgehead atoms. The summed E-state index contributed by atoms with van der Waals surface area (Å²) in [6.45, 7) is 11.2. The molecule has 1 aliphatic rings. The third-order valence-corrected chi connectivity index (χ3v) is 8.44. The van der Waals surface area contributed by atoms with E-state index in [4.69, 9.17) is 32.9 Å². The summed E-state index contributed by atoms with van der Waals surface area (Å²) in [6.07, 6.45) is -0.802. The second-order valence-corrected chi connectivity index (χ2v) is 13.4. The molecule has 2 aromatic carbocycles. The lowest BCUT2D eigenvalue weighted by molar-refractivity contribution is -0.274. The number of aromatic nitrogens is 2. The zero-order chi connectivity index (χ0) is 33.8. The van der Waals surface area contributed by atoms with Crippen molar-refractivity contribution < 1.29 is 27.4 Å². The molecular formula is C34H38Cl2F3N5O3. The number of carbonyl (C=O) groups excluding carboxylic acids is 1. The molecule has 0 spiro atoms. The molecule has 4 aromatic rings. The van der Waals surface area contributed by atoms with Crippen LogP contribution in [0.15, 0.2) is 60.9 Å². The maximum Gasteiger partial charge on any atom is 0.573 e. The number of alkyl halides is 3. The molecule has 0 atom stereocenters. The molecule has 1 saturated heterocycles. The first kappa shape index (κ1) is 34.8. The summed E-state index contributed by atoms with van der Waals surface area (Å²) in [6, 6.07) is 13.5. The van der Waals surface area contributed by atoms with Crippen molar-refractivity contribution in [1.29, 1.82) is 0 Å². The third-order valence-electron chi connectivity index (χ3n) is 7.73. The van der Waals surface area contributed by atoms with Gasteiger partial charge in [0.1, 0.15) is 17.0 Å². The van der Waals surface area contributed by atoms with Crippen LogP contribution < -0.4 is 10.1 Å². The lowest BCUT2D eigenvalue weighted by Gasteiger charge is -2.35. The number of amides is 1. The van der Waals surface area contributed by atoms with Crippen molar-refractivity contribution in [3.63, 3.8) is 0 Å². The number of fused-ring (bicyclic) bond motifs is 1. The molecule has 47 heavy (non-hydrogen) atoms. The summed E-state index contributed by atoms with van der Waals surface area (Å²) in [4.78, 5) is 21.6. The maximum atomic E-state index is 12.8. The van der Waals surface area contributed by atoms with Crippen molar-refractivity contribution in [3.8, 4) is 16.9 Å². The molecule has 5 rings (SSSR count). The highest BCUT2D eigenvalue weighted by Gasteiger charge is 2.31. The molecule has 0 radical (unpaired) electrons. The number of hydrogen-bond acceptors (Lipinski definition) is 6. The van der Waals surface area contributed by atoms with Gasteiger partial charge in [-0.1, -0.05) is 41.4 Å². The van der Waals surface area contributed by atoms with Gasteiger partial charge in [0.25, 0.3) is 0 Å². The minimum atomic E-state index is -4.77. The summed E-state index contributed by atoms with van der Waals surface area (Å²) in [5.41, 5.74) is 3.71. The van der Waals surface area contributed by atoms with Crippen LogP contribution in [0, 0.1) is 0 Å². The van der Waals surface area contributed by atoms with Crippen LogP contribution in [0.25, 0.3) is 22.2 Å². The highest BCUT2D eigenvalue weighted by atomic mass is 35.5. The fourth-order valence-electron chi connectivity index (χ4n) is 5.56. The molecule has 0 saturated carbocycles. The minimum absolute atomic E-state index is 0.284. The second kappa shape index (κ2) is 14.7. The number of halogens is 5. The molecule has 252 valence electrons. The summed E-state index contributed by atoms with van der Waals surface area (Å²) in [5.74, 6) is -0.284. The Bertz CT molecular complexity index is 1660. The van der Waals surface area contributed by atoms with Crippen LogP contribution in [0.5, 0.6) is 5.75 Å². The van der Waals surface area contributed by atoms with Gasteiger partial charge in [0.15, 0.2) is 0 Å². The number of pyridine rings is 1. The van der Waals surface area contributed by atoms with Crippen LogP contribution in [-0.4, -0.2) is 70.1 Å². The molecular weight excluding hydrogens is 654 g/mol. The second-order valence-electron chi connectivity index (χ2n) is 12.6. The van der Waals surface area contributed by atoms with Crippen molar-refractivity contribution in [1.82, 2.24) is 24.7 Å². The Morgan fingerprint density at radius 2 is 1.60 bits per heavy atom. The zero-order valence-corrected chi connectivity index (χ0v) is 28.1. The first-order valence-electron chi connectivity index (χ1n) is 15.4. The van der Waals surface area contributed by atoms with E-state index in [9.17, 15) is 18.0 Å². The fourth-order valence-corrected chi connectivity index (χ4v) is 6.08. The number of aryl methyl sites for hydroxylation is 1. The number of carbonyl (C=O) groups is 1. The topological polar surface area (TPSA) is 71.9 Å². The van der Waals surface area contributed by atoms with Gasteiger partial charge in [-0.05, 0) is 68.7 Å². The number of piperazine rings is 1. The van der Waals surface area contributed by atoms with E-state index >= 15 is 0 Å². The monoisotopic (exact) mass is 691 g/mol. The predicted molar refractivity (Wildman–Crippen MR) is 178 cm³/mol. The van der Waals surface area contributed by atoms with Gasteiger partial charge in [0, 0.05) is 91.3 Å². The first-order chi connectivity index (χ1) is 22.2. The Kier molecular flexibility index (Phi) is 10.9. The van der Waals surface area contributed by atoms with Crippen LogP contribution in [0.2, 0.25) is 10.0 Å². The molecule has 1 amide bonds. The van der Waals surface area contributed by atoms with Crippen LogP contribution in [0.3, 0.4) is 0 Å². The molecule has 13 heteroatoms. The third kappa shape index (κ3) is 9.76. The van der Waals surface area contributed by atoms with E-state index < -0.39 is 18.1 Å². The van der Waals surface area contributed by atoms with Crippen molar-refractivity contribution in [2.24, 2.45) is 0 Å². The van der Waals surface area contributed by atoms with Crippen molar-refractivity contribution in [2.45, 2.75) is 58.8 Å². The van der Waals surface area contributed by atoms with Crippen LogP contribution in [-0.2, 0) is 24.4 Å². The number of ether oxygens (including phenoxy) is 2. The van der Waals surface area contributed by atoms with Crippen molar-refractivity contribution >= 4 is 40.3 Å². The molecule has 0 unspecified atom stereocenters. The standard InChI is InChI=1S/C34H38Cl2F3N5O3/c1-33(2,3)47-32(45)40-12-5-13-44-22-27(24-8-10-25(11-9-24)46-34(37,38)39)26-18-23(19-41-31(26)44)20-42-14-16-43(17-15-42)21-28-29(35)6-4-7-30(28)36/h4,6-11,18-19,22H,5,12-17,20-21H2,1-3H3,(H,40,45). The van der Waals surface area contributed by atoms with Gasteiger partial charge in [-0.3, -0.25) is 9.80 Å². The molecule has 1 fully saturated rings. The van der Waals surface area contributed by atoms with Gasteiger partial charge in [-0.2, -0.15) is 0 Å². The van der Waals surface area contributed by atoms with Gasteiger partial charge >= 0.3 is 12.5 Å². The largest absolute Gasteiger partial charge is 0.573 e. The Hall–Kier alpha value is -3.51. The van der Waals surface area contributed by atoms with Gasteiger partial charge in [0.05, 0.1) is 0 Å². The summed E-state index contributed by atoms with van der Waals surface area (Å²) < 4.78 is 49.7. The van der Waals surface area contributed by atoms with Crippen molar-refractivity contribution in [2.75, 3.05) is 32.7 Å². The maximum absolute atomic E-state index is 12.8. The predicted octanol–water partition coefficient (Wildman–Crippen LogP) is 8.14. The lowest BCUT2D eigenvalue weighted by Crippen LogP contribution is -2.45. The van der Waals surface area contributed by atoms with E-state index in [0.29, 0.717) is 42.6 Å². The first-order valence-corrected chi connectivity index (χ1v) is 16.2. The van der Waals surface area contributed by atoms with Crippen LogP contribution >= 0.6 is 23.2 Å². The van der Waals surface area contributed by atoms with E-state index in [1.165, 1.54) is 12.1 Å². The average molecular weight is 693 g/mol. The van der Waals surface area contributed by atoms with Crippen LogP contribution in [0.1, 0.15) is 38.3 Å². The number of hydrogen-bond donors (Lipinski definition) is 1. The molecule has 1 aliphatic heterocycles. The Morgan fingerprint density at radius 3 is 2.21 bits per heavy atom. The molecule has 0 aliphatic carbocycles. The smallest absolute Gasteiger partial charge is 0.444 e. The van der Waals surface area contributed by atoms with Gasteiger partial charge in [-0.25, -0.2) is 9.78 Å². The van der Waals surface area contributed by atoms with Crippen LogP contribution in [0.4, 0.5) is 18.0 Å². The van der Waals surface area contributed by atoms with E-state index in [1.54, 1.807) is 32.9 Å². The number of nitrogens with one attached hydrogen (secondary N) is 1. The molecule has 2 aromatic heterocycles. The number of nitrogens with zero attached hydrogens (tertiary/aromatic N) is 4. The van der Waals surface area contributed by atoms with Gasteiger partial charge in [-0.15, -0.1) is 13.2 Å². The highest BCUT2D eigenvalue weighted by molar-refractivity contribution is 6.35. The summed E-state index contributed by atoms with van der Waals surface area (Å²) in [7, 11) is 0. The molecule has 1 N–H and O–H groups in total.